The van der Waals surface area contributed by atoms with Crippen molar-refractivity contribution in [1.82, 2.24) is 15.8 Å². The Hall–Kier alpha value is -3.09. The lowest BCUT2D eigenvalue weighted by atomic mass is 10.2. The number of benzene rings is 1. The molecule has 0 radical (unpaired) electrons. The van der Waals surface area contributed by atoms with E-state index in [4.69, 9.17) is 9.47 Å². The molecule has 2 amide bonds. The molecule has 0 saturated heterocycles. The number of methoxy groups -OCH3 is 1. The highest BCUT2D eigenvalue weighted by atomic mass is 16.5. The van der Waals surface area contributed by atoms with E-state index in [-0.39, 0.29) is 6.10 Å². The molecule has 2 rings (SSSR count). The number of nitrogens with one attached hydrogen (secondary N) is 2. The number of aromatic nitrogens is 1. The molecule has 7 nitrogen and oxygen atoms in total. The van der Waals surface area contributed by atoms with Crippen LogP contribution in [-0.4, -0.2) is 30.0 Å². The largest absolute Gasteiger partial charge is 0.493 e. The fourth-order valence-electron chi connectivity index (χ4n) is 1.92. The Labute approximate surface area is 140 Å². The summed E-state index contributed by atoms with van der Waals surface area (Å²) >= 11 is 0. The van der Waals surface area contributed by atoms with Crippen LogP contribution in [0.15, 0.2) is 42.7 Å². The van der Waals surface area contributed by atoms with Crippen molar-refractivity contribution in [3.63, 3.8) is 0 Å². The van der Waals surface area contributed by atoms with Crippen LogP contribution in [0.2, 0.25) is 0 Å². The Morgan fingerprint density at radius 2 is 1.75 bits per heavy atom. The molecular formula is C17H19N3O4. The molecule has 0 saturated carbocycles. The third-order valence-corrected chi connectivity index (χ3v) is 3.00. The summed E-state index contributed by atoms with van der Waals surface area (Å²) in [7, 11) is 1.49. The standard InChI is InChI=1S/C17H19N3O4/c1-11(2)24-14-7-6-12(9-15(14)23-3)16(21)19-20-17(22)13-5-4-8-18-10-13/h4-11H,1-3H3,(H,19,21)(H,20,22). The lowest BCUT2D eigenvalue weighted by molar-refractivity contribution is 0.0846. The minimum Gasteiger partial charge on any atom is -0.493 e. The van der Waals surface area contributed by atoms with Crippen molar-refractivity contribution in [2.75, 3.05) is 7.11 Å². The summed E-state index contributed by atoms with van der Waals surface area (Å²) < 4.78 is 10.8. The molecule has 2 aromatic rings. The number of rotatable bonds is 5. The molecule has 0 bridgehead atoms. The number of carbonyl (C=O) groups excluding carboxylic acids is 2. The molecule has 24 heavy (non-hydrogen) atoms. The van der Waals surface area contributed by atoms with E-state index in [9.17, 15) is 9.59 Å². The van der Waals surface area contributed by atoms with Gasteiger partial charge in [0.25, 0.3) is 11.8 Å². The summed E-state index contributed by atoms with van der Waals surface area (Å²) in [5.74, 6) is 0.0585. The van der Waals surface area contributed by atoms with Gasteiger partial charge in [0, 0.05) is 18.0 Å². The maximum Gasteiger partial charge on any atom is 0.271 e. The average Bonchev–Trinajstić information content (AvgIpc) is 2.60. The smallest absolute Gasteiger partial charge is 0.271 e. The lowest BCUT2D eigenvalue weighted by Gasteiger charge is -2.14. The van der Waals surface area contributed by atoms with Gasteiger partial charge in [0.1, 0.15) is 0 Å². The Morgan fingerprint density at radius 3 is 2.33 bits per heavy atom. The molecule has 0 unspecified atom stereocenters. The molecule has 0 atom stereocenters. The average molecular weight is 329 g/mol. The molecule has 0 spiro atoms. The van der Waals surface area contributed by atoms with Crippen molar-refractivity contribution >= 4 is 11.8 Å². The maximum absolute atomic E-state index is 12.1. The number of hydrogen-bond acceptors (Lipinski definition) is 5. The summed E-state index contributed by atoms with van der Waals surface area (Å²) in [6, 6.07) is 8.01. The molecule has 2 N–H and O–H groups in total. The third kappa shape index (κ3) is 4.45. The number of nitrogens with zero attached hydrogens (tertiary/aromatic N) is 1. The van der Waals surface area contributed by atoms with E-state index in [1.165, 1.54) is 13.3 Å². The summed E-state index contributed by atoms with van der Waals surface area (Å²) in [5.41, 5.74) is 5.35. The number of amides is 2. The van der Waals surface area contributed by atoms with Gasteiger partial charge in [-0.2, -0.15) is 0 Å². The van der Waals surface area contributed by atoms with Crippen molar-refractivity contribution in [2.24, 2.45) is 0 Å². The predicted molar refractivity (Wildman–Crippen MR) is 87.9 cm³/mol. The summed E-state index contributed by atoms with van der Waals surface area (Å²) in [6.07, 6.45) is 2.95. The topological polar surface area (TPSA) is 89.6 Å². The highest BCUT2D eigenvalue weighted by Gasteiger charge is 2.13. The molecular weight excluding hydrogens is 310 g/mol. The Bertz CT molecular complexity index is 717. The van der Waals surface area contributed by atoms with E-state index in [0.29, 0.717) is 22.6 Å². The van der Waals surface area contributed by atoms with Gasteiger partial charge < -0.3 is 9.47 Å². The van der Waals surface area contributed by atoms with Gasteiger partial charge in [-0.25, -0.2) is 0 Å². The van der Waals surface area contributed by atoms with Gasteiger partial charge in [0.15, 0.2) is 11.5 Å². The van der Waals surface area contributed by atoms with Gasteiger partial charge in [-0.15, -0.1) is 0 Å². The molecule has 0 aliphatic carbocycles. The minimum absolute atomic E-state index is 0.0163. The number of ether oxygens (including phenoxy) is 2. The van der Waals surface area contributed by atoms with Gasteiger partial charge in [0.05, 0.1) is 18.8 Å². The van der Waals surface area contributed by atoms with Crippen LogP contribution < -0.4 is 20.3 Å². The highest BCUT2D eigenvalue weighted by molar-refractivity contribution is 5.99. The quantitative estimate of drug-likeness (QED) is 0.819. The van der Waals surface area contributed by atoms with Gasteiger partial charge in [0.2, 0.25) is 0 Å². The van der Waals surface area contributed by atoms with Gasteiger partial charge in [-0.3, -0.25) is 25.4 Å². The van der Waals surface area contributed by atoms with E-state index in [0.717, 1.165) is 0 Å². The Balaban J connectivity index is 2.03. The van der Waals surface area contributed by atoms with Crippen molar-refractivity contribution in [2.45, 2.75) is 20.0 Å². The van der Waals surface area contributed by atoms with E-state index in [1.54, 1.807) is 36.5 Å². The van der Waals surface area contributed by atoms with Crippen molar-refractivity contribution in [1.29, 1.82) is 0 Å². The Morgan fingerprint density at radius 1 is 1.04 bits per heavy atom. The normalized spacial score (nSPS) is 10.2. The van der Waals surface area contributed by atoms with Crippen LogP contribution in [0.3, 0.4) is 0 Å². The molecule has 7 heteroatoms. The maximum atomic E-state index is 12.1. The first-order valence-corrected chi connectivity index (χ1v) is 7.36. The molecule has 0 aliphatic rings. The number of pyridine rings is 1. The third-order valence-electron chi connectivity index (χ3n) is 3.00. The van der Waals surface area contributed by atoms with E-state index in [2.05, 4.69) is 15.8 Å². The van der Waals surface area contributed by atoms with Crippen LogP contribution in [0, 0.1) is 0 Å². The van der Waals surface area contributed by atoms with Crippen LogP contribution in [0.1, 0.15) is 34.6 Å². The van der Waals surface area contributed by atoms with E-state index >= 15 is 0 Å². The second-order valence-corrected chi connectivity index (χ2v) is 5.18. The van der Waals surface area contributed by atoms with Gasteiger partial charge >= 0.3 is 0 Å². The molecule has 1 aromatic heterocycles. The van der Waals surface area contributed by atoms with Gasteiger partial charge in [-0.05, 0) is 44.2 Å². The summed E-state index contributed by atoms with van der Waals surface area (Å²) in [4.78, 5) is 27.9. The number of hydrazine groups is 1. The van der Waals surface area contributed by atoms with Crippen LogP contribution >= 0.6 is 0 Å². The second-order valence-electron chi connectivity index (χ2n) is 5.18. The van der Waals surface area contributed by atoms with E-state index < -0.39 is 11.8 Å². The van der Waals surface area contributed by atoms with Crippen molar-refractivity contribution < 1.29 is 19.1 Å². The van der Waals surface area contributed by atoms with Crippen molar-refractivity contribution in [3.8, 4) is 11.5 Å². The molecule has 0 fully saturated rings. The molecule has 1 heterocycles. The zero-order valence-electron chi connectivity index (χ0n) is 13.7. The number of hydrogen-bond donors (Lipinski definition) is 2. The highest BCUT2D eigenvalue weighted by Crippen LogP contribution is 2.28. The van der Waals surface area contributed by atoms with E-state index in [1.807, 2.05) is 13.8 Å². The minimum atomic E-state index is -0.471. The molecule has 126 valence electrons. The van der Waals surface area contributed by atoms with Crippen molar-refractivity contribution in [3.05, 3.63) is 53.9 Å². The fourth-order valence-corrected chi connectivity index (χ4v) is 1.92. The first kappa shape index (κ1) is 17.3. The zero-order valence-corrected chi connectivity index (χ0v) is 13.7. The van der Waals surface area contributed by atoms with Crippen LogP contribution in [0.4, 0.5) is 0 Å². The SMILES string of the molecule is COc1cc(C(=O)NNC(=O)c2cccnc2)ccc1OC(C)C. The summed E-state index contributed by atoms with van der Waals surface area (Å²) in [6.45, 7) is 3.79. The fraction of sp³-hybridized carbons (Fsp3) is 0.235. The Kier molecular flexibility index (Phi) is 5.73. The van der Waals surface area contributed by atoms with Gasteiger partial charge in [-0.1, -0.05) is 0 Å². The summed E-state index contributed by atoms with van der Waals surface area (Å²) in [5, 5.41) is 0. The molecule has 0 aliphatic heterocycles. The lowest BCUT2D eigenvalue weighted by Crippen LogP contribution is -2.41. The van der Waals surface area contributed by atoms with Crippen LogP contribution in [-0.2, 0) is 0 Å². The van der Waals surface area contributed by atoms with Crippen LogP contribution in [0.5, 0.6) is 11.5 Å². The molecule has 1 aromatic carbocycles. The first-order valence-electron chi connectivity index (χ1n) is 7.36. The zero-order chi connectivity index (χ0) is 17.5. The monoisotopic (exact) mass is 329 g/mol. The predicted octanol–water partition coefficient (Wildman–Crippen LogP) is 1.95. The number of carbonyl (C=O) groups is 2. The first-order chi connectivity index (χ1) is 11.5. The van der Waals surface area contributed by atoms with Crippen LogP contribution in [0.25, 0.3) is 0 Å². The second kappa shape index (κ2) is 7.96.